The van der Waals surface area contributed by atoms with Gasteiger partial charge in [-0.2, -0.15) is 0 Å². The van der Waals surface area contributed by atoms with Gasteiger partial charge in [0.2, 0.25) is 0 Å². The maximum absolute atomic E-state index is 4.53. The average Bonchev–Trinajstić information content (AvgIpc) is 2.76. The summed E-state index contributed by atoms with van der Waals surface area (Å²) in [4.78, 5) is 4.53. The third-order valence-corrected chi connectivity index (χ3v) is 3.15. The predicted molar refractivity (Wildman–Crippen MR) is 76.6 cm³/mol. The summed E-state index contributed by atoms with van der Waals surface area (Å²) in [5.74, 6) is 1.21. The number of allylic oxidation sites excluding steroid dienone is 1. The molecule has 0 radical (unpaired) electrons. The second-order valence-corrected chi connectivity index (χ2v) is 4.75. The Morgan fingerprint density at radius 1 is 1.12 bits per heavy atom. The lowest BCUT2D eigenvalue weighted by Crippen LogP contribution is -2.29. The summed E-state index contributed by atoms with van der Waals surface area (Å²) in [5.41, 5.74) is 0. The summed E-state index contributed by atoms with van der Waals surface area (Å²) in [6.45, 7) is 8.43. The minimum absolute atomic E-state index is 0.509. The van der Waals surface area contributed by atoms with Gasteiger partial charge in [-0.05, 0) is 25.7 Å². The Labute approximate surface area is 106 Å². The second kappa shape index (κ2) is 9.03. The van der Waals surface area contributed by atoms with Crippen LogP contribution in [0.4, 0.5) is 0 Å². The first-order valence-corrected chi connectivity index (χ1v) is 6.88. The standard InChI is InChI=1S/C15H26N2/c1-3-5-6-7-8-9-10-12-15-16-13-14(17-15)11-4-2/h3-4,14H,1-2,5-13H2,(H,16,17). The van der Waals surface area contributed by atoms with Gasteiger partial charge in [-0.3, -0.25) is 4.99 Å². The van der Waals surface area contributed by atoms with Crippen LogP contribution in [-0.4, -0.2) is 18.4 Å². The number of hydrogen-bond donors (Lipinski definition) is 1. The van der Waals surface area contributed by atoms with Crippen LogP contribution in [0, 0.1) is 0 Å². The number of nitrogens with zero attached hydrogens (tertiary/aromatic N) is 1. The van der Waals surface area contributed by atoms with Crippen molar-refractivity contribution in [2.75, 3.05) is 6.54 Å². The fraction of sp³-hybridized carbons (Fsp3) is 0.667. The van der Waals surface area contributed by atoms with Crippen LogP contribution in [0.5, 0.6) is 0 Å². The number of hydrogen-bond acceptors (Lipinski definition) is 2. The van der Waals surface area contributed by atoms with Crippen LogP contribution in [0.3, 0.4) is 0 Å². The Bertz CT molecular complexity index is 256. The summed E-state index contributed by atoms with van der Waals surface area (Å²) in [6.07, 6.45) is 13.9. The van der Waals surface area contributed by atoms with Crippen LogP contribution in [-0.2, 0) is 0 Å². The number of amidine groups is 1. The van der Waals surface area contributed by atoms with E-state index in [1.165, 1.54) is 37.9 Å². The molecule has 0 amide bonds. The van der Waals surface area contributed by atoms with Gasteiger partial charge in [0.1, 0.15) is 0 Å². The highest BCUT2D eigenvalue weighted by molar-refractivity contribution is 5.84. The fourth-order valence-corrected chi connectivity index (χ4v) is 2.14. The van der Waals surface area contributed by atoms with Crippen molar-refractivity contribution in [3.05, 3.63) is 25.3 Å². The molecule has 1 aliphatic rings. The zero-order valence-corrected chi connectivity index (χ0v) is 11.0. The first kappa shape index (κ1) is 14.0. The summed E-state index contributed by atoms with van der Waals surface area (Å²) in [6, 6.07) is 0.509. The molecule has 0 aromatic heterocycles. The van der Waals surface area contributed by atoms with Gasteiger partial charge in [0.05, 0.1) is 18.4 Å². The molecule has 1 rings (SSSR count). The Morgan fingerprint density at radius 3 is 2.65 bits per heavy atom. The lowest BCUT2D eigenvalue weighted by Gasteiger charge is -2.08. The molecule has 2 heteroatoms. The summed E-state index contributed by atoms with van der Waals surface area (Å²) in [7, 11) is 0. The van der Waals surface area contributed by atoms with Gasteiger partial charge in [0.25, 0.3) is 0 Å². The van der Waals surface area contributed by atoms with E-state index in [9.17, 15) is 0 Å². The van der Waals surface area contributed by atoms with Crippen molar-refractivity contribution in [1.29, 1.82) is 0 Å². The van der Waals surface area contributed by atoms with Crippen molar-refractivity contribution < 1.29 is 0 Å². The number of nitrogens with one attached hydrogen (secondary N) is 1. The monoisotopic (exact) mass is 234 g/mol. The second-order valence-electron chi connectivity index (χ2n) is 4.75. The molecule has 0 spiro atoms. The first-order valence-electron chi connectivity index (χ1n) is 6.88. The van der Waals surface area contributed by atoms with E-state index in [4.69, 9.17) is 0 Å². The third kappa shape index (κ3) is 6.30. The van der Waals surface area contributed by atoms with E-state index < -0.39 is 0 Å². The van der Waals surface area contributed by atoms with Crippen molar-refractivity contribution in [1.82, 2.24) is 5.32 Å². The smallest absolute Gasteiger partial charge is 0.0966 e. The van der Waals surface area contributed by atoms with Gasteiger partial charge >= 0.3 is 0 Å². The molecule has 0 saturated carbocycles. The summed E-state index contributed by atoms with van der Waals surface area (Å²) < 4.78 is 0. The van der Waals surface area contributed by atoms with Gasteiger partial charge in [-0.15, -0.1) is 13.2 Å². The van der Waals surface area contributed by atoms with Crippen molar-refractivity contribution in [2.24, 2.45) is 4.99 Å². The first-order chi connectivity index (χ1) is 8.36. The molecule has 96 valence electrons. The topological polar surface area (TPSA) is 24.4 Å². The Balaban J connectivity index is 1.93. The Hall–Kier alpha value is -1.05. The van der Waals surface area contributed by atoms with Gasteiger partial charge in [-0.1, -0.05) is 31.4 Å². The van der Waals surface area contributed by atoms with Crippen LogP contribution < -0.4 is 5.32 Å². The van der Waals surface area contributed by atoms with E-state index in [2.05, 4.69) is 23.5 Å². The highest BCUT2D eigenvalue weighted by atomic mass is 15.1. The van der Waals surface area contributed by atoms with Crippen LogP contribution in [0.25, 0.3) is 0 Å². The SMILES string of the molecule is C=CCCCCCCCC1=NCC(CC=C)N1. The highest BCUT2D eigenvalue weighted by Gasteiger charge is 2.14. The molecule has 1 heterocycles. The molecule has 1 N–H and O–H groups in total. The normalized spacial score (nSPS) is 18.6. The van der Waals surface area contributed by atoms with E-state index in [1.807, 2.05) is 12.2 Å². The fourth-order valence-electron chi connectivity index (χ4n) is 2.14. The molecule has 0 bridgehead atoms. The summed E-state index contributed by atoms with van der Waals surface area (Å²) >= 11 is 0. The molecule has 0 aliphatic carbocycles. The number of rotatable bonds is 10. The van der Waals surface area contributed by atoms with E-state index in [-0.39, 0.29) is 0 Å². The predicted octanol–water partition coefficient (Wildman–Crippen LogP) is 3.85. The molecule has 1 unspecified atom stereocenters. The van der Waals surface area contributed by atoms with Crippen molar-refractivity contribution in [3.63, 3.8) is 0 Å². The van der Waals surface area contributed by atoms with Gasteiger partial charge in [-0.25, -0.2) is 0 Å². The lowest BCUT2D eigenvalue weighted by molar-refractivity contribution is 0.620. The largest absolute Gasteiger partial charge is 0.369 e. The molecule has 1 atom stereocenters. The molecule has 0 saturated heterocycles. The van der Waals surface area contributed by atoms with Crippen LogP contribution in [0.1, 0.15) is 51.4 Å². The average molecular weight is 234 g/mol. The molecular weight excluding hydrogens is 208 g/mol. The molecular formula is C15H26N2. The minimum atomic E-state index is 0.509. The Morgan fingerprint density at radius 2 is 1.88 bits per heavy atom. The van der Waals surface area contributed by atoms with E-state index >= 15 is 0 Å². The minimum Gasteiger partial charge on any atom is -0.369 e. The van der Waals surface area contributed by atoms with E-state index in [0.717, 1.165) is 25.8 Å². The van der Waals surface area contributed by atoms with Crippen LogP contribution in [0.15, 0.2) is 30.3 Å². The van der Waals surface area contributed by atoms with E-state index in [0.29, 0.717) is 6.04 Å². The van der Waals surface area contributed by atoms with Gasteiger partial charge < -0.3 is 5.32 Å². The highest BCUT2D eigenvalue weighted by Crippen LogP contribution is 2.10. The summed E-state index contributed by atoms with van der Waals surface area (Å²) in [5, 5.41) is 3.47. The zero-order chi connectivity index (χ0) is 12.3. The van der Waals surface area contributed by atoms with Crippen molar-refractivity contribution in [3.8, 4) is 0 Å². The maximum atomic E-state index is 4.53. The molecule has 0 aromatic rings. The molecule has 0 fully saturated rings. The maximum Gasteiger partial charge on any atom is 0.0966 e. The van der Waals surface area contributed by atoms with E-state index in [1.54, 1.807) is 0 Å². The number of unbranched alkanes of at least 4 members (excludes halogenated alkanes) is 5. The zero-order valence-electron chi connectivity index (χ0n) is 11.0. The Kier molecular flexibility index (Phi) is 7.44. The van der Waals surface area contributed by atoms with Crippen molar-refractivity contribution in [2.45, 2.75) is 57.4 Å². The molecule has 0 aromatic carbocycles. The van der Waals surface area contributed by atoms with Gasteiger partial charge in [0, 0.05) is 6.42 Å². The van der Waals surface area contributed by atoms with Crippen LogP contribution in [0.2, 0.25) is 0 Å². The number of aliphatic imine (C=N–C) groups is 1. The molecule has 2 nitrogen and oxygen atoms in total. The molecule has 17 heavy (non-hydrogen) atoms. The van der Waals surface area contributed by atoms with Crippen LogP contribution >= 0.6 is 0 Å². The van der Waals surface area contributed by atoms with Gasteiger partial charge in [0.15, 0.2) is 0 Å². The molecule has 1 aliphatic heterocycles. The van der Waals surface area contributed by atoms with Crippen molar-refractivity contribution >= 4 is 5.84 Å². The lowest BCUT2D eigenvalue weighted by atomic mass is 10.1. The quantitative estimate of drug-likeness (QED) is 0.450. The third-order valence-electron chi connectivity index (χ3n) is 3.15.